The van der Waals surface area contributed by atoms with E-state index in [2.05, 4.69) is 208 Å². The molecule has 9 aromatic rings. The molecule has 1 aromatic heterocycles. The van der Waals surface area contributed by atoms with E-state index in [0.717, 1.165) is 50.1 Å². The Balaban J connectivity index is 1.11. The molecule has 1 aliphatic carbocycles. The van der Waals surface area contributed by atoms with Crippen molar-refractivity contribution in [3.8, 4) is 89.8 Å². The molecule has 1 heterocycles. The molecular formula is C54H39N3. The Morgan fingerprint density at radius 3 is 1.33 bits per heavy atom. The Labute approximate surface area is 334 Å². The van der Waals surface area contributed by atoms with Crippen molar-refractivity contribution in [2.24, 2.45) is 0 Å². The smallest absolute Gasteiger partial charge is 0.164 e. The average molecular weight is 730 g/mol. The Morgan fingerprint density at radius 1 is 0.281 bits per heavy atom. The van der Waals surface area contributed by atoms with Crippen molar-refractivity contribution in [2.75, 3.05) is 0 Å². The van der Waals surface area contributed by atoms with Gasteiger partial charge < -0.3 is 0 Å². The van der Waals surface area contributed by atoms with E-state index < -0.39 is 0 Å². The lowest BCUT2D eigenvalue weighted by Crippen LogP contribution is -2.14. The molecule has 0 radical (unpaired) electrons. The topological polar surface area (TPSA) is 38.7 Å². The third-order valence-corrected chi connectivity index (χ3v) is 11.4. The van der Waals surface area contributed by atoms with Crippen LogP contribution in [0.4, 0.5) is 0 Å². The lowest BCUT2D eigenvalue weighted by Gasteiger charge is -2.21. The summed E-state index contributed by atoms with van der Waals surface area (Å²) >= 11 is 0. The van der Waals surface area contributed by atoms with Crippen molar-refractivity contribution in [2.45, 2.75) is 19.3 Å². The molecule has 0 aliphatic heterocycles. The Morgan fingerprint density at radius 2 is 0.702 bits per heavy atom. The first-order valence-corrected chi connectivity index (χ1v) is 19.5. The third kappa shape index (κ3) is 6.24. The summed E-state index contributed by atoms with van der Waals surface area (Å²) in [6.45, 7) is 4.66. The highest BCUT2D eigenvalue weighted by Gasteiger charge is 2.36. The predicted molar refractivity (Wildman–Crippen MR) is 235 cm³/mol. The molecule has 3 heteroatoms. The van der Waals surface area contributed by atoms with Crippen molar-refractivity contribution in [3.63, 3.8) is 0 Å². The van der Waals surface area contributed by atoms with Crippen LogP contribution in [0.5, 0.6) is 0 Å². The van der Waals surface area contributed by atoms with Gasteiger partial charge in [0.05, 0.1) is 0 Å². The van der Waals surface area contributed by atoms with Gasteiger partial charge in [-0.05, 0) is 78.9 Å². The standard InChI is InChI=1S/C54H39N3/c1-54(2)48-23-13-12-21-46(48)50-44(22-14-24-49(50)54)40-27-31-42(32-28-40)52-55-51(41-29-25-38(26-30-41)36-15-6-3-7-16-36)56-53(57-52)45-34-33-43(37-17-8-4-9-18-37)35-47(45)39-19-10-5-11-20-39/h3-35H,1-2H3. The van der Waals surface area contributed by atoms with Crippen molar-refractivity contribution in [3.05, 3.63) is 211 Å². The number of rotatable bonds is 7. The predicted octanol–water partition coefficient (Wildman–Crippen LogP) is 13.8. The molecule has 57 heavy (non-hydrogen) atoms. The summed E-state index contributed by atoms with van der Waals surface area (Å²) < 4.78 is 0. The molecule has 0 fully saturated rings. The van der Waals surface area contributed by atoms with Gasteiger partial charge in [0.15, 0.2) is 17.5 Å². The van der Waals surface area contributed by atoms with E-state index in [0.29, 0.717) is 17.5 Å². The fraction of sp³-hybridized carbons (Fsp3) is 0.0556. The molecule has 0 amide bonds. The fourth-order valence-electron chi connectivity index (χ4n) is 8.40. The monoisotopic (exact) mass is 729 g/mol. The van der Waals surface area contributed by atoms with Crippen LogP contribution in [0.1, 0.15) is 25.0 Å². The third-order valence-electron chi connectivity index (χ3n) is 11.4. The summed E-state index contributed by atoms with van der Waals surface area (Å²) in [5.74, 6) is 1.89. The van der Waals surface area contributed by atoms with Crippen LogP contribution < -0.4 is 0 Å². The van der Waals surface area contributed by atoms with Gasteiger partial charge in [0.2, 0.25) is 0 Å². The molecular weight excluding hydrogens is 691 g/mol. The Hall–Kier alpha value is -7.23. The lowest BCUT2D eigenvalue weighted by atomic mass is 9.82. The second-order valence-electron chi connectivity index (χ2n) is 15.2. The molecule has 0 atom stereocenters. The van der Waals surface area contributed by atoms with Crippen LogP contribution in [0.25, 0.3) is 89.8 Å². The zero-order chi connectivity index (χ0) is 38.3. The Kier molecular flexibility index (Phi) is 8.49. The number of hydrogen-bond acceptors (Lipinski definition) is 3. The first kappa shape index (κ1) is 34.3. The summed E-state index contributed by atoms with van der Waals surface area (Å²) in [5, 5.41) is 0. The zero-order valence-corrected chi connectivity index (χ0v) is 31.9. The summed E-state index contributed by atoms with van der Waals surface area (Å²) in [5.41, 5.74) is 17.3. The molecule has 0 N–H and O–H groups in total. The summed E-state index contributed by atoms with van der Waals surface area (Å²) in [4.78, 5) is 15.6. The lowest BCUT2D eigenvalue weighted by molar-refractivity contribution is 0.660. The highest BCUT2D eigenvalue weighted by atomic mass is 15.0. The van der Waals surface area contributed by atoms with Crippen molar-refractivity contribution >= 4 is 0 Å². The van der Waals surface area contributed by atoms with Gasteiger partial charge in [0.25, 0.3) is 0 Å². The van der Waals surface area contributed by atoms with Crippen molar-refractivity contribution in [1.82, 2.24) is 15.0 Å². The van der Waals surface area contributed by atoms with Crippen LogP contribution in [0.2, 0.25) is 0 Å². The van der Waals surface area contributed by atoms with Gasteiger partial charge >= 0.3 is 0 Å². The molecule has 270 valence electrons. The van der Waals surface area contributed by atoms with Gasteiger partial charge in [0.1, 0.15) is 0 Å². The molecule has 0 spiro atoms. The normalized spacial score (nSPS) is 12.5. The second-order valence-corrected chi connectivity index (χ2v) is 15.2. The average Bonchev–Trinajstić information content (AvgIpc) is 3.53. The molecule has 8 aromatic carbocycles. The van der Waals surface area contributed by atoms with Crippen LogP contribution in [0.15, 0.2) is 200 Å². The number of aromatic nitrogens is 3. The molecule has 1 aliphatic rings. The molecule has 10 rings (SSSR count). The van der Waals surface area contributed by atoms with E-state index in [1.54, 1.807) is 0 Å². The summed E-state index contributed by atoms with van der Waals surface area (Å²) in [6, 6.07) is 70.8. The quantitative estimate of drug-likeness (QED) is 0.164. The van der Waals surface area contributed by atoms with E-state index in [1.165, 1.54) is 33.4 Å². The molecule has 3 nitrogen and oxygen atoms in total. The largest absolute Gasteiger partial charge is 0.208 e. The van der Waals surface area contributed by atoms with Crippen molar-refractivity contribution < 1.29 is 0 Å². The van der Waals surface area contributed by atoms with Gasteiger partial charge in [-0.15, -0.1) is 0 Å². The minimum absolute atomic E-state index is 0.0588. The molecule has 0 saturated carbocycles. The highest BCUT2D eigenvalue weighted by molar-refractivity contribution is 5.93. The maximum atomic E-state index is 5.24. The van der Waals surface area contributed by atoms with Gasteiger partial charge in [0, 0.05) is 22.1 Å². The van der Waals surface area contributed by atoms with Gasteiger partial charge in [-0.2, -0.15) is 0 Å². The van der Waals surface area contributed by atoms with Gasteiger partial charge in [-0.3, -0.25) is 0 Å². The van der Waals surface area contributed by atoms with Crippen LogP contribution in [0.3, 0.4) is 0 Å². The second kappa shape index (κ2) is 14.1. The highest BCUT2D eigenvalue weighted by Crippen LogP contribution is 2.52. The number of hydrogen-bond donors (Lipinski definition) is 0. The molecule has 0 bridgehead atoms. The SMILES string of the molecule is CC1(C)c2ccccc2-c2c(-c3ccc(-c4nc(-c5ccc(-c6ccccc6)cc5)nc(-c5ccc(-c6ccccc6)cc5-c5ccccc5)n4)cc3)cccc21. The zero-order valence-electron chi connectivity index (χ0n) is 31.9. The van der Waals surface area contributed by atoms with E-state index in [4.69, 9.17) is 15.0 Å². The first-order chi connectivity index (χ1) is 28.0. The number of benzene rings is 8. The maximum Gasteiger partial charge on any atom is 0.164 e. The van der Waals surface area contributed by atoms with Crippen molar-refractivity contribution in [1.29, 1.82) is 0 Å². The number of nitrogens with zero attached hydrogens (tertiary/aromatic N) is 3. The number of fused-ring (bicyclic) bond motifs is 3. The Bertz CT molecular complexity index is 2880. The van der Waals surface area contributed by atoms with E-state index in [9.17, 15) is 0 Å². The summed E-state index contributed by atoms with van der Waals surface area (Å²) in [6.07, 6.45) is 0. The van der Waals surface area contributed by atoms with E-state index in [-0.39, 0.29) is 5.41 Å². The van der Waals surface area contributed by atoms with Crippen LogP contribution in [0, 0.1) is 0 Å². The first-order valence-electron chi connectivity index (χ1n) is 19.5. The van der Waals surface area contributed by atoms with Crippen LogP contribution in [-0.2, 0) is 5.41 Å². The molecule has 0 unspecified atom stereocenters. The maximum absolute atomic E-state index is 5.24. The van der Waals surface area contributed by atoms with Gasteiger partial charge in [-0.1, -0.05) is 202 Å². The minimum Gasteiger partial charge on any atom is -0.208 e. The van der Waals surface area contributed by atoms with Crippen LogP contribution in [-0.4, -0.2) is 15.0 Å². The molecule has 0 saturated heterocycles. The van der Waals surface area contributed by atoms with Gasteiger partial charge in [-0.25, -0.2) is 15.0 Å². The van der Waals surface area contributed by atoms with E-state index in [1.807, 2.05) is 6.07 Å². The van der Waals surface area contributed by atoms with Crippen LogP contribution >= 0.6 is 0 Å². The fourth-order valence-corrected chi connectivity index (χ4v) is 8.40. The minimum atomic E-state index is -0.0588. The summed E-state index contributed by atoms with van der Waals surface area (Å²) in [7, 11) is 0. The van der Waals surface area contributed by atoms with E-state index >= 15 is 0 Å².